The van der Waals surface area contributed by atoms with E-state index in [0.717, 1.165) is 31.2 Å². The zero-order valence-electron chi connectivity index (χ0n) is 11.3. The lowest BCUT2D eigenvalue weighted by atomic mass is 10.0. The summed E-state index contributed by atoms with van der Waals surface area (Å²) >= 11 is 0. The molecule has 0 saturated heterocycles. The summed E-state index contributed by atoms with van der Waals surface area (Å²) in [5, 5.41) is 3.52. The summed E-state index contributed by atoms with van der Waals surface area (Å²) in [7, 11) is 0. The molecule has 96 valence electrons. The normalized spacial score (nSPS) is 12.7. The molecule has 0 saturated carbocycles. The van der Waals surface area contributed by atoms with Crippen LogP contribution in [0.15, 0.2) is 30.3 Å². The lowest BCUT2D eigenvalue weighted by molar-refractivity contribution is 0.273. The number of nitrogens with one attached hydrogen (secondary N) is 1. The van der Waals surface area contributed by atoms with Gasteiger partial charge in [-0.3, -0.25) is 0 Å². The summed E-state index contributed by atoms with van der Waals surface area (Å²) < 4.78 is 5.72. The molecule has 1 rings (SSSR count). The van der Waals surface area contributed by atoms with E-state index in [-0.39, 0.29) is 0 Å². The molecule has 0 bridgehead atoms. The van der Waals surface area contributed by atoms with Crippen LogP contribution in [-0.4, -0.2) is 19.2 Å². The highest BCUT2D eigenvalue weighted by Gasteiger charge is 2.09. The molecule has 1 unspecified atom stereocenters. The van der Waals surface area contributed by atoms with Crippen LogP contribution in [0.1, 0.15) is 33.6 Å². The molecule has 0 heterocycles. The predicted molar refractivity (Wildman–Crippen MR) is 73.5 cm³/mol. The molecule has 1 N–H and O–H groups in total. The number of ether oxygens (including phenoxy) is 1. The second kappa shape index (κ2) is 8.13. The predicted octanol–water partition coefficient (Wildman–Crippen LogP) is 3.48. The summed E-state index contributed by atoms with van der Waals surface area (Å²) in [4.78, 5) is 0. The van der Waals surface area contributed by atoms with Crippen molar-refractivity contribution in [2.45, 2.75) is 39.7 Å². The zero-order valence-corrected chi connectivity index (χ0v) is 11.3. The highest BCUT2D eigenvalue weighted by Crippen LogP contribution is 2.11. The molecule has 0 aliphatic carbocycles. The number of rotatable bonds is 8. The minimum atomic E-state index is 0.573. The second-order valence-corrected chi connectivity index (χ2v) is 4.83. The van der Waals surface area contributed by atoms with Crippen molar-refractivity contribution in [3.05, 3.63) is 30.3 Å². The molecule has 1 aromatic rings. The molecule has 0 amide bonds. The van der Waals surface area contributed by atoms with Crippen LogP contribution in [0.4, 0.5) is 0 Å². The molecule has 17 heavy (non-hydrogen) atoms. The first-order valence-corrected chi connectivity index (χ1v) is 6.63. The molecule has 1 atom stereocenters. The van der Waals surface area contributed by atoms with E-state index in [4.69, 9.17) is 4.74 Å². The summed E-state index contributed by atoms with van der Waals surface area (Å²) in [6, 6.07) is 10.6. The lowest BCUT2D eigenvalue weighted by Crippen LogP contribution is -2.31. The monoisotopic (exact) mass is 235 g/mol. The fraction of sp³-hybridized carbons (Fsp3) is 0.600. The molecule has 0 radical (unpaired) electrons. The van der Waals surface area contributed by atoms with E-state index in [9.17, 15) is 0 Å². The average molecular weight is 235 g/mol. The first-order valence-electron chi connectivity index (χ1n) is 6.63. The van der Waals surface area contributed by atoms with Gasteiger partial charge < -0.3 is 10.1 Å². The van der Waals surface area contributed by atoms with Crippen LogP contribution in [0.5, 0.6) is 5.75 Å². The maximum absolute atomic E-state index is 5.72. The number of benzene rings is 1. The third-order valence-electron chi connectivity index (χ3n) is 2.73. The van der Waals surface area contributed by atoms with Crippen molar-refractivity contribution >= 4 is 0 Å². The Kier molecular flexibility index (Phi) is 6.71. The molecule has 0 aliphatic heterocycles. The van der Waals surface area contributed by atoms with Gasteiger partial charge in [-0.2, -0.15) is 0 Å². The highest BCUT2D eigenvalue weighted by molar-refractivity contribution is 5.20. The van der Waals surface area contributed by atoms with Gasteiger partial charge in [0.2, 0.25) is 0 Å². The van der Waals surface area contributed by atoms with Crippen LogP contribution in [-0.2, 0) is 0 Å². The summed E-state index contributed by atoms with van der Waals surface area (Å²) in [5.41, 5.74) is 0. The van der Waals surface area contributed by atoms with Crippen LogP contribution in [0.3, 0.4) is 0 Å². The van der Waals surface area contributed by atoms with Gasteiger partial charge in [0.15, 0.2) is 0 Å². The Hall–Kier alpha value is -1.02. The van der Waals surface area contributed by atoms with E-state index in [1.54, 1.807) is 0 Å². The topological polar surface area (TPSA) is 21.3 Å². The Balaban J connectivity index is 2.26. The van der Waals surface area contributed by atoms with Gasteiger partial charge >= 0.3 is 0 Å². The number of para-hydroxylation sites is 1. The molecule has 0 fully saturated rings. The molecule has 2 nitrogen and oxygen atoms in total. The maximum Gasteiger partial charge on any atom is 0.119 e. The van der Waals surface area contributed by atoms with Crippen LogP contribution in [0.2, 0.25) is 0 Å². The second-order valence-electron chi connectivity index (χ2n) is 4.83. The van der Waals surface area contributed by atoms with Crippen LogP contribution in [0.25, 0.3) is 0 Å². The van der Waals surface area contributed by atoms with Crippen molar-refractivity contribution in [1.82, 2.24) is 5.32 Å². The largest absolute Gasteiger partial charge is 0.494 e. The minimum absolute atomic E-state index is 0.573. The third-order valence-corrected chi connectivity index (χ3v) is 2.73. The van der Waals surface area contributed by atoms with E-state index in [0.29, 0.717) is 6.04 Å². The summed E-state index contributed by atoms with van der Waals surface area (Å²) in [6.45, 7) is 8.51. The Bertz CT molecular complexity index is 284. The highest BCUT2D eigenvalue weighted by atomic mass is 16.5. The van der Waals surface area contributed by atoms with Crippen molar-refractivity contribution in [1.29, 1.82) is 0 Å². The summed E-state index contributed by atoms with van der Waals surface area (Å²) in [5.74, 6) is 1.70. The van der Waals surface area contributed by atoms with Crippen LogP contribution < -0.4 is 10.1 Å². The Morgan fingerprint density at radius 3 is 2.47 bits per heavy atom. The molecular weight excluding hydrogens is 210 g/mol. The van der Waals surface area contributed by atoms with Crippen LogP contribution >= 0.6 is 0 Å². The van der Waals surface area contributed by atoms with Gasteiger partial charge in [-0.15, -0.1) is 0 Å². The smallest absolute Gasteiger partial charge is 0.119 e. The molecular formula is C15H25NO. The van der Waals surface area contributed by atoms with Gasteiger partial charge in [-0.25, -0.2) is 0 Å². The molecule has 1 aromatic carbocycles. The first-order chi connectivity index (χ1) is 8.22. The van der Waals surface area contributed by atoms with Crippen molar-refractivity contribution in [3.63, 3.8) is 0 Å². The fourth-order valence-corrected chi connectivity index (χ4v) is 2.00. The number of hydrogen-bond acceptors (Lipinski definition) is 2. The number of hydrogen-bond donors (Lipinski definition) is 1. The molecule has 0 aromatic heterocycles. The lowest BCUT2D eigenvalue weighted by Gasteiger charge is -2.20. The average Bonchev–Trinajstić information content (AvgIpc) is 2.30. The molecule has 2 heteroatoms. The van der Waals surface area contributed by atoms with E-state index in [1.165, 1.54) is 6.42 Å². The fourth-order valence-electron chi connectivity index (χ4n) is 2.00. The van der Waals surface area contributed by atoms with E-state index in [1.807, 2.05) is 30.3 Å². The first kappa shape index (κ1) is 14.0. The van der Waals surface area contributed by atoms with Gasteiger partial charge in [0.05, 0.1) is 6.61 Å². The van der Waals surface area contributed by atoms with Crippen molar-refractivity contribution < 1.29 is 4.74 Å². The molecule has 0 aliphatic rings. The van der Waals surface area contributed by atoms with Gasteiger partial charge in [-0.1, -0.05) is 39.0 Å². The van der Waals surface area contributed by atoms with Gasteiger partial charge in [0.25, 0.3) is 0 Å². The van der Waals surface area contributed by atoms with Crippen molar-refractivity contribution in [2.24, 2.45) is 5.92 Å². The van der Waals surface area contributed by atoms with Gasteiger partial charge in [-0.05, 0) is 37.4 Å². The van der Waals surface area contributed by atoms with E-state index in [2.05, 4.69) is 26.1 Å². The van der Waals surface area contributed by atoms with E-state index >= 15 is 0 Å². The summed E-state index contributed by atoms with van der Waals surface area (Å²) in [6.07, 6.45) is 2.28. The quantitative estimate of drug-likeness (QED) is 0.745. The zero-order chi connectivity index (χ0) is 12.5. The Labute approximate surface area is 105 Å². The van der Waals surface area contributed by atoms with E-state index < -0.39 is 0 Å². The third kappa shape index (κ3) is 6.32. The van der Waals surface area contributed by atoms with Gasteiger partial charge in [0.1, 0.15) is 5.75 Å². The standard InChI is InChI=1S/C15H25NO/c1-4-16-14(12-13(2)3)10-11-17-15-8-6-5-7-9-15/h5-9,13-14,16H,4,10-12H2,1-3H3. The Morgan fingerprint density at radius 2 is 1.88 bits per heavy atom. The molecule has 0 spiro atoms. The minimum Gasteiger partial charge on any atom is -0.494 e. The van der Waals surface area contributed by atoms with Crippen LogP contribution in [0, 0.1) is 5.92 Å². The maximum atomic E-state index is 5.72. The van der Waals surface area contributed by atoms with Gasteiger partial charge in [0, 0.05) is 6.04 Å². The van der Waals surface area contributed by atoms with Crippen molar-refractivity contribution in [2.75, 3.05) is 13.2 Å². The SMILES string of the molecule is CCNC(CCOc1ccccc1)CC(C)C. The Morgan fingerprint density at radius 1 is 1.18 bits per heavy atom. The van der Waals surface area contributed by atoms with Crippen molar-refractivity contribution in [3.8, 4) is 5.75 Å².